The molecule has 2 rings (SSSR count). The summed E-state index contributed by atoms with van der Waals surface area (Å²) >= 11 is 0. The van der Waals surface area contributed by atoms with Gasteiger partial charge in [0.25, 0.3) is 0 Å². The summed E-state index contributed by atoms with van der Waals surface area (Å²) in [5.74, 6) is 0.816. The number of hydrogen-bond acceptors (Lipinski definition) is 2. The molecule has 0 saturated carbocycles. The number of nitrogens with zero attached hydrogens (tertiary/aromatic N) is 3. The van der Waals surface area contributed by atoms with Crippen LogP contribution in [0.4, 0.5) is 0 Å². The quantitative estimate of drug-likeness (QED) is 0.634. The van der Waals surface area contributed by atoms with E-state index >= 15 is 0 Å². The minimum Gasteiger partial charge on any atom is -0.356 e. The highest BCUT2D eigenvalue weighted by atomic mass is 15.3. The summed E-state index contributed by atoms with van der Waals surface area (Å²) < 4.78 is 1.90. The summed E-state index contributed by atoms with van der Waals surface area (Å²) in [5, 5.41) is 10.9. The second kappa shape index (κ2) is 7.64. The number of aromatic nitrogens is 2. The molecular weight excluding hydrogens is 274 g/mol. The Morgan fingerprint density at radius 3 is 2.59 bits per heavy atom. The van der Waals surface area contributed by atoms with Gasteiger partial charge >= 0.3 is 0 Å². The maximum atomic E-state index is 4.27. The zero-order valence-corrected chi connectivity index (χ0v) is 13.6. The van der Waals surface area contributed by atoms with Crippen LogP contribution in [0.15, 0.2) is 53.8 Å². The first-order valence-electron chi connectivity index (χ1n) is 7.59. The lowest BCUT2D eigenvalue weighted by molar-refractivity contribution is 0.506. The van der Waals surface area contributed by atoms with Crippen LogP contribution in [-0.4, -0.2) is 35.9 Å². The molecule has 1 aromatic heterocycles. The second-order valence-electron chi connectivity index (χ2n) is 5.87. The number of aliphatic imine (C=N–C) groups is 1. The molecule has 5 heteroatoms. The van der Waals surface area contributed by atoms with E-state index in [1.54, 1.807) is 13.2 Å². The van der Waals surface area contributed by atoms with Crippen LogP contribution in [0.1, 0.15) is 19.4 Å². The van der Waals surface area contributed by atoms with E-state index in [4.69, 9.17) is 0 Å². The molecule has 0 aliphatic carbocycles. The van der Waals surface area contributed by atoms with Crippen molar-refractivity contribution in [1.29, 1.82) is 0 Å². The van der Waals surface area contributed by atoms with E-state index in [9.17, 15) is 0 Å². The van der Waals surface area contributed by atoms with Gasteiger partial charge in [0.05, 0.1) is 6.54 Å². The molecule has 5 nitrogen and oxygen atoms in total. The monoisotopic (exact) mass is 299 g/mol. The Bertz CT molecular complexity index is 572. The smallest absolute Gasteiger partial charge is 0.191 e. The van der Waals surface area contributed by atoms with Crippen molar-refractivity contribution in [2.75, 3.05) is 20.1 Å². The maximum absolute atomic E-state index is 4.27. The zero-order chi connectivity index (χ0) is 15.8. The van der Waals surface area contributed by atoms with E-state index in [1.165, 1.54) is 5.56 Å². The minimum absolute atomic E-state index is 0.0425. The van der Waals surface area contributed by atoms with Crippen LogP contribution in [0.25, 0.3) is 0 Å². The molecule has 0 aliphatic heterocycles. The van der Waals surface area contributed by atoms with Gasteiger partial charge in [-0.2, -0.15) is 5.10 Å². The molecule has 1 aromatic carbocycles. The average Bonchev–Trinajstić information content (AvgIpc) is 3.05. The van der Waals surface area contributed by atoms with Crippen LogP contribution in [-0.2, 0) is 12.0 Å². The Balaban J connectivity index is 1.80. The lowest BCUT2D eigenvalue weighted by Gasteiger charge is -2.26. The molecule has 0 amide bonds. The lowest BCUT2D eigenvalue weighted by atomic mass is 9.85. The molecule has 22 heavy (non-hydrogen) atoms. The Labute approximate surface area is 132 Å². The van der Waals surface area contributed by atoms with E-state index in [-0.39, 0.29) is 5.41 Å². The van der Waals surface area contributed by atoms with Gasteiger partial charge in [0, 0.05) is 37.9 Å². The Hall–Kier alpha value is -2.30. The number of hydrogen-bond donors (Lipinski definition) is 2. The lowest BCUT2D eigenvalue weighted by Crippen LogP contribution is -2.44. The summed E-state index contributed by atoms with van der Waals surface area (Å²) in [5.41, 5.74) is 1.36. The molecule has 0 fully saturated rings. The summed E-state index contributed by atoms with van der Waals surface area (Å²) in [7, 11) is 1.79. The van der Waals surface area contributed by atoms with Crippen molar-refractivity contribution in [3.05, 3.63) is 54.4 Å². The Morgan fingerprint density at radius 1 is 1.18 bits per heavy atom. The first-order valence-corrected chi connectivity index (χ1v) is 7.59. The largest absolute Gasteiger partial charge is 0.356 e. The molecule has 0 radical (unpaired) electrons. The molecule has 2 aromatic rings. The van der Waals surface area contributed by atoms with Crippen molar-refractivity contribution in [2.45, 2.75) is 25.8 Å². The van der Waals surface area contributed by atoms with Crippen molar-refractivity contribution in [3.8, 4) is 0 Å². The highest BCUT2D eigenvalue weighted by Crippen LogP contribution is 2.21. The molecule has 0 bridgehead atoms. The fourth-order valence-electron chi connectivity index (χ4n) is 2.24. The summed E-state index contributed by atoms with van der Waals surface area (Å²) in [6, 6.07) is 12.5. The van der Waals surface area contributed by atoms with Gasteiger partial charge < -0.3 is 10.6 Å². The van der Waals surface area contributed by atoms with Crippen molar-refractivity contribution >= 4 is 5.96 Å². The third-order valence-corrected chi connectivity index (χ3v) is 3.67. The van der Waals surface area contributed by atoms with Gasteiger partial charge in [-0.1, -0.05) is 44.2 Å². The molecule has 0 unspecified atom stereocenters. The highest BCUT2D eigenvalue weighted by Gasteiger charge is 2.20. The summed E-state index contributed by atoms with van der Waals surface area (Å²) in [4.78, 5) is 4.27. The van der Waals surface area contributed by atoms with Gasteiger partial charge in [-0.3, -0.25) is 9.67 Å². The molecule has 1 heterocycles. The van der Waals surface area contributed by atoms with E-state index < -0.39 is 0 Å². The highest BCUT2D eigenvalue weighted by molar-refractivity contribution is 5.79. The van der Waals surface area contributed by atoms with Crippen molar-refractivity contribution in [3.63, 3.8) is 0 Å². The van der Waals surface area contributed by atoms with Crippen LogP contribution in [0.2, 0.25) is 0 Å². The third-order valence-electron chi connectivity index (χ3n) is 3.67. The van der Waals surface area contributed by atoms with Gasteiger partial charge in [0.2, 0.25) is 0 Å². The number of nitrogens with one attached hydrogen (secondary N) is 2. The van der Waals surface area contributed by atoms with Crippen LogP contribution in [0.3, 0.4) is 0 Å². The second-order valence-corrected chi connectivity index (χ2v) is 5.87. The van der Waals surface area contributed by atoms with Crippen LogP contribution < -0.4 is 10.6 Å². The minimum atomic E-state index is 0.0425. The molecule has 0 saturated heterocycles. The molecule has 118 valence electrons. The van der Waals surface area contributed by atoms with Gasteiger partial charge in [-0.15, -0.1) is 0 Å². The topological polar surface area (TPSA) is 54.2 Å². The normalized spacial score (nSPS) is 12.2. The fraction of sp³-hybridized carbons (Fsp3) is 0.412. The van der Waals surface area contributed by atoms with Gasteiger partial charge in [-0.05, 0) is 11.6 Å². The molecule has 0 aliphatic rings. The molecule has 0 atom stereocenters. The zero-order valence-electron chi connectivity index (χ0n) is 13.6. The van der Waals surface area contributed by atoms with Gasteiger partial charge in [0.1, 0.15) is 0 Å². The average molecular weight is 299 g/mol. The fourth-order valence-corrected chi connectivity index (χ4v) is 2.24. The van der Waals surface area contributed by atoms with Gasteiger partial charge in [-0.25, -0.2) is 0 Å². The van der Waals surface area contributed by atoms with Crippen molar-refractivity contribution in [1.82, 2.24) is 20.4 Å². The van der Waals surface area contributed by atoms with Crippen molar-refractivity contribution < 1.29 is 0 Å². The Kier molecular flexibility index (Phi) is 5.58. The summed E-state index contributed by atoms with van der Waals surface area (Å²) in [6.45, 7) is 6.88. The third kappa shape index (κ3) is 4.62. The molecule has 0 spiro atoms. The predicted octanol–water partition coefficient (Wildman–Crippen LogP) is 2.03. The first kappa shape index (κ1) is 16.1. The Morgan fingerprint density at radius 2 is 1.95 bits per heavy atom. The number of benzene rings is 1. The van der Waals surface area contributed by atoms with E-state index in [0.717, 1.165) is 25.6 Å². The van der Waals surface area contributed by atoms with E-state index in [1.807, 2.05) is 23.0 Å². The molecular formula is C17H25N5. The number of rotatable bonds is 6. The maximum Gasteiger partial charge on any atom is 0.191 e. The van der Waals surface area contributed by atoms with Crippen LogP contribution >= 0.6 is 0 Å². The first-order chi connectivity index (χ1) is 10.6. The van der Waals surface area contributed by atoms with E-state index in [2.05, 4.69) is 58.8 Å². The number of guanidine groups is 1. The van der Waals surface area contributed by atoms with Gasteiger partial charge in [0.15, 0.2) is 5.96 Å². The van der Waals surface area contributed by atoms with Crippen LogP contribution in [0, 0.1) is 0 Å². The predicted molar refractivity (Wildman–Crippen MR) is 91.1 cm³/mol. The van der Waals surface area contributed by atoms with Crippen molar-refractivity contribution in [2.24, 2.45) is 4.99 Å². The van der Waals surface area contributed by atoms with E-state index in [0.29, 0.717) is 0 Å². The summed E-state index contributed by atoms with van der Waals surface area (Å²) in [6.07, 6.45) is 3.74. The SMILES string of the molecule is CN=C(NCCn1cccn1)NCC(C)(C)c1ccccc1. The molecule has 2 N–H and O–H groups in total. The van der Waals surface area contributed by atoms with Crippen LogP contribution in [0.5, 0.6) is 0 Å². The standard InChI is InChI=1S/C17H25N5/c1-17(2,15-8-5-4-6-9-15)14-20-16(18-3)19-11-13-22-12-7-10-21-22/h4-10,12H,11,13-14H2,1-3H3,(H2,18,19,20).